The van der Waals surface area contributed by atoms with Gasteiger partial charge in [0.15, 0.2) is 0 Å². The Morgan fingerprint density at radius 3 is 0.853 bits per heavy atom. The molecule has 8 nitrogen and oxygen atoms in total. The fraction of sp³-hybridized carbons (Fsp3) is 0.769. The lowest BCUT2D eigenvalue weighted by Crippen LogP contribution is -2.70. The quantitative estimate of drug-likeness (QED) is 0.512. The number of rotatable bonds is 2. The van der Waals surface area contributed by atoms with Crippen LogP contribution in [0.5, 0.6) is 0 Å². The Kier molecular flexibility index (Phi) is 7.61. The molecule has 2 aliphatic heterocycles. The first kappa shape index (κ1) is 27.5. The standard InChI is InChI=1S/C26H50N8/c1-23(2,3)31-17-32(24(4,5)6)28-21(27-31)19-13-15-20(16-14-19)22-29-33(25(7,8)9)18-34(30-22)26(10,11)12/h13-16,21-22,27-30H,17-18H2,1-12H3. The van der Waals surface area contributed by atoms with Crippen LogP contribution in [0.3, 0.4) is 0 Å². The molecule has 2 saturated heterocycles. The summed E-state index contributed by atoms with van der Waals surface area (Å²) in [6.45, 7) is 28.6. The predicted octanol–water partition coefficient (Wildman–Crippen LogP) is 4.05. The van der Waals surface area contributed by atoms with Gasteiger partial charge in [0.25, 0.3) is 0 Å². The van der Waals surface area contributed by atoms with Gasteiger partial charge >= 0.3 is 0 Å². The fourth-order valence-corrected chi connectivity index (χ4v) is 3.93. The van der Waals surface area contributed by atoms with Crippen LogP contribution in [0.2, 0.25) is 0 Å². The van der Waals surface area contributed by atoms with E-state index < -0.39 is 0 Å². The van der Waals surface area contributed by atoms with Crippen LogP contribution in [0.4, 0.5) is 0 Å². The van der Waals surface area contributed by atoms with Crippen molar-refractivity contribution >= 4 is 0 Å². The van der Waals surface area contributed by atoms with Crippen LogP contribution in [-0.4, -0.2) is 55.5 Å². The largest absolute Gasteiger partial charge is 0.231 e. The molecule has 0 unspecified atom stereocenters. The maximum Gasteiger partial charge on any atom is 0.109 e. The van der Waals surface area contributed by atoms with E-state index in [1.807, 2.05) is 0 Å². The van der Waals surface area contributed by atoms with Crippen molar-refractivity contribution in [3.05, 3.63) is 35.4 Å². The Labute approximate surface area is 208 Å². The zero-order chi connectivity index (χ0) is 25.7. The first-order valence-corrected chi connectivity index (χ1v) is 12.6. The molecule has 2 fully saturated rings. The maximum absolute atomic E-state index is 3.70. The zero-order valence-electron chi connectivity index (χ0n) is 23.7. The van der Waals surface area contributed by atoms with Crippen molar-refractivity contribution in [1.82, 2.24) is 41.7 Å². The number of nitrogens with zero attached hydrogens (tertiary/aromatic N) is 4. The summed E-state index contributed by atoms with van der Waals surface area (Å²) in [4.78, 5) is 0. The smallest absolute Gasteiger partial charge is 0.109 e. The lowest BCUT2D eigenvalue weighted by Gasteiger charge is -2.51. The fourth-order valence-electron chi connectivity index (χ4n) is 3.93. The first-order valence-electron chi connectivity index (χ1n) is 12.6. The van der Waals surface area contributed by atoms with E-state index in [0.29, 0.717) is 0 Å². The molecule has 1 aromatic rings. The first-order chi connectivity index (χ1) is 15.4. The molecule has 3 rings (SSSR count). The van der Waals surface area contributed by atoms with Gasteiger partial charge in [-0.1, -0.05) is 24.3 Å². The van der Waals surface area contributed by atoms with Gasteiger partial charge in [-0.05, 0) is 94.2 Å². The molecule has 4 N–H and O–H groups in total. The van der Waals surface area contributed by atoms with Crippen LogP contribution >= 0.6 is 0 Å². The Bertz CT molecular complexity index is 697. The molecule has 194 valence electrons. The molecule has 0 bridgehead atoms. The van der Waals surface area contributed by atoms with E-state index in [4.69, 9.17) is 0 Å². The molecule has 0 spiro atoms. The van der Waals surface area contributed by atoms with Crippen LogP contribution in [0, 0.1) is 0 Å². The maximum atomic E-state index is 3.70. The summed E-state index contributed by atoms with van der Waals surface area (Å²) in [5, 5.41) is 9.28. The molecule has 8 heteroatoms. The molecule has 0 aromatic heterocycles. The summed E-state index contributed by atoms with van der Waals surface area (Å²) in [7, 11) is 0. The van der Waals surface area contributed by atoms with Crippen molar-refractivity contribution < 1.29 is 0 Å². The summed E-state index contributed by atoms with van der Waals surface area (Å²) >= 11 is 0. The molecule has 0 aliphatic carbocycles. The van der Waals surface area contributed by atoms with Crippen molar-refractivity contribution in [3.63, 3.8) is 0 Å². The second kappa shape index (κ2) is 9.41. The summed E-state index contributed by atoms with van der Waals surface area (Å²) in [5.41, 5.74) is 17.2. The molecule has 0 radical (unpaired) electrons. The van der Waals surface area contributed by atoms with E-state index >= 15 is 0 Å². The Hall–Kier alpha value is -1.10. The van der Waals surface area contributed by atoms with Crippen molar-refractivity contribution in [3.8, 4) is 0 Å². The van der Waals surface area contributed by atoms with Gasteiger partial charge in [-0.3, -0.25) is 0 Å². The summed E-state index contributed by atoms with van der Waals surface area (Å²) in [6.07, 6.45) is 0.0105. The molecular formula is C26H50N8. The average molecular weight is 475 g/mol. The highest BCUT2D eigenvalue weighted by atomic mass is 15.8. The minimum absolute atomic E-state index is 0.00525. The lowest BCUT2D eigenvalue weighted by molar-refractivity contribution is -0.123. The Morgan fingerprint density at radius 1 is 0.471 bits per heavy atom. The van der Waals surface area contributed by atoms with Gasteiger partial charge in [-0.2, -0.15) is 0 Å². The summed E-state index contributed by atoms with van der Waals surface area (Å²) in [5.74, 6) is 0. The third-order valence-corrected chi connectivity index (χ3v) is 6.55. The Balaban J connectivity index is 1.83. The number of benzene rings is 1. The van der Waals surface area contributed by atoms with Gasteiger partial charge in [0.1, 0.15) is 12.3 Å². The zero-order valence-corrected chi connectivity index (χ0v) is 23.7. The monoisotopic (exact) mass is 474 g/mol. The highest BCUT2D eigenvalue weighted by molar-refractivity contribution is 5.27. The van der Waals surface area contributed by atoms with Crippen molar-refractivity contribution in [2.24, 2.45) is 0 Å². The third kappa shape index (κ3) is 6.56. The van der Waals surface area contributed by atoms with E-state index in [2.05, 4.69) is 149 Å². The van der Waals surface area contributed by atoms with Crippen LogP contribution in [-0.2, 0) is 0 Å². The van der Waals surface area contributed by atoms with E-state index in [0.717, 1.165) is 13.3 Å². The molecule has 0 saturated carbocycles. The highest BCUT2D eigenvalue weighted by Crippen LogP contribution is 2.28. The van der Waals surface area contributed by atoms with Crippen LogP contribution in [0.1, 0.15) is 107 Å². The average Bonchev–Trinajstić information content (AvgIpc) is 2.70. The lowest BCUT2D eigenvalue weighted by atomic mass is 10.0. The molecule has 0 atom stereocenters. The second-order valence-electron chi connectivity index (χ2n) is 13.7. The number of hydrazine groups is 4. The third-order valence-electron chi connectivity index (χ3n) is 6.55. The highest BCUT2D eigenvalue weighted by Gasteiger charge is 2.38. The molecule has 2 aliphatic rings. The summed E-state index contributed by atoms with van der Waals surface area (Å²) in [6, 6.07) is 8.92. The normalized spacial score (nSPS) is 22.5. The van der Waals surface area contributed by atoms with Crippen LogP contribution < -0.4 is 21.7 Å². The minimum atomic E-state index is 0.00525. The second-order valence-corrected chi connectivity index (χ2v) is 13.7. The van der Waals surface area contributed by atoms with Crippen LogP contribution in [0.15, 0.2) is 24.3 Å². The van der Waals surface area contributed by atoms with Gasteiger partial charge in [-0.25, -0.2) is 41.7 Å². The van der Waals surface area contributed by atoms with Gasteiger partial charge in [0.05, 0.1) is 13.3 Å². The predicted molar refractivity (Wildman–Crippen MR) is 141 cm³/mol. The van der Waals surface area contributed by atoms with Crippen molar-refractivity contribution in [2.45, 2.75) is 118 Å². The minimum Gasteiger partial charge on any atom is -0.231 e. The van der Waals surface area contributed by atoms with Gasteiger partial charge < -0.3 is 0 Å². The van der Waals surface area contributed by atoms with E-state index in [-0.39, 0.29) is 34.5 Å². The molecule has 0 amide bonds. The molecular weight excluding hydrogens is 424 g/mol. The topological polar surface area (TPSA) is 61.1 Å². The SMILES string of the molecule is CC(C)(C)N1CN(C(C)(C)C)NC(c2ccc(C3NN(C(C)(C)C)CN(C(C)(C)C)N3)cc2)N1. The van der Waals surface area contributed by atoms with E-state index in [9.17, 15) is 0 Å². The molecule has 2 heterocycles. The molecule has 34 heavy (non-hydrogen) atoms. The van der Waals surface area contributed by atoms with E-state index in [1.165, 1.54) is 11.1 Å². The number of hydrogen-bond donors (Lipinski definition) is 4. The Morgan fingerprint density at radius 2 is 0.676 bits per heavy atom. The summed E-state index contributed by atoms with van der Waals surface area (Å²) < 4.78 is 0. The van der Waals surface area contributed by atoms with Gasteiger partial charge in [-0.15, -0.1) is 0 Å². The number of hydrogen-bond acceptors (Lipinski definition) is 8. The van der Waals surface area contributed by atoms with Crippen molar-refractivity contribution in [1.29, 1.82) is 0 Å². The van der Waals surface area contributed by atoms with Crippen molar-refractivity contribution in [2.75, 3.05) is 13.3 Å². The van der Waals surface area contributed by atoms with Crippen LogP contribution in [0.25, 0.3) is 0 Å². The van der Waals surface area contributed by atoms with Gasteiger partial charge in [0, 0.05) is 22.2 Å². The van der Waals surface area contributed by atoms with Gasteiger partial charge in [0.2, 0.25) is 0 Å². The molecule has 1 aromatic carbocycles. The number of nitrogens with one attached hydrogen (secondary N) is 4. The van der Waals surface area contributed by atoms with E-state index in [1.54, 1.807) is 0 Å².